The second-order valence-electron chi connectivity index (χ2n) is 8.51. The Morgan fingerprint density at radius 1 is 1.15 bits per heavy atom. The molecule has 0 saturated carbocycles. The molecule has 1 fully saturated rings. The largest absolute Gasteiger partial charge is 0.495 e. The fourth-order valence-electron chi connectivity index (χ4n) is 4.20. The Hall–Kier alpha value is -3.40. The molecule has 1 aliphatic rings. The van der Waals surface area contributed by atoms with Crippen molar-refractivity contribution in [3.8, 4) is 17.6 Å². The number of hydrogen-bond acceptors (Lipinski definition) is 8. The third-order valence-corrected chi connectivity index (χ3v) is 6.53. The van der Waals surface area contributed by atoms with E-state index in [2.05, 4.69) is 32.4 Å². The molecule has 41 heavy (non-hydrogen) atoms. The first kappa shape index (κ1) is 33.8. The van der Waals surface area contributed by atoms with E-state index in [0.29, 0.717) is 30.2 Å². The topological polar surface area (TPSA) is 88.9 Å². The molecule has 1 aromatic heterocycles. The third kappa shape index (κ3) is 10.5. The van der Waals surface area contributed by atoms with Crippen molar-refractivity contribution in [3.63, 3.8) is 0 Å². The Kier molecular flexibility index (Phi) is 14.4. The number of nitroso groups, excluding NO2 is 1. The zero-order valence-electron chi connectivity index (χ0n) is 24.0. The monoisotopic (exact) mass is 593 g/mol. The molecular formula is C29H38F3N5O3S. The highest BCUT2D eigenvalue weighted by molar-refractivity contribution is 7.97. The van der Waals surface area contributed by atoms with Crippen molar-refractivity contribution < 1.29 is 22.6 Å². The number of rotatable bonds is 8. The van der Waals surface area contributed by atoms with Crippen LogP contribution < -0.4 is 20.1 Å². The fourth-order valence-corrected chi connectivity index (χ4v) is 4.74. The molecule has 0 spiro atoms. The average Bonchev–Trinajstić information content (AvgIpc) is 3.30. The quantitative estimate of drug-likeness (QED) is 0.149. The van der Waals surface area contributed by atoms with Gasteiger partial charge in [-0.05, 0) is 74.2 Å². The SMILES string of the molecule is CC.CN=O.CNSc1ccc(NCC#Cc2cc3c(NC4CCOCC4)cccc3n2CC(F)(F)F)c(OC)c1. The van der Waals surface area contributed by atoms with Gasteiger partial charge in [-0.15, -0.1) is 0 Å². The minimum Gasteiger partial charge on any atom is -0.495 e. The van der Waals surface area contributed by atoms with Crippen LogP contribution in [0.25, 0.3) is 10.9 Å². The summed E-state index contributed by atoms with van der Waals surface area (Å²) in [6, 6.07) is 13.1. The number of nitrogens with one attached hydrogen (secondary N) is 3. The van der Waals surface area contributed by atoms with Crippen LogP contribution in [0.1, 0.15) is 32.4 Å². The Balaban J connectivity index is 0.00000110. The van der Waals surface area contributed by atoms with Crippen molar-refractivity contribution in [3.05, 3.63) is 53.1 Å². The molecule has 8 nitrogen and oxygen atoms in total. The van der Waals surface area contributed by atoms with Crippen molar-refractivity contribution in [1.29, 1.82) is 0 Å². The molecule has 2 heterocycles. The number of alkyl halides is 3. The van der Waals surface area contributed by atoms with Crippen molar-refractivity contribution in [2.24, 2.45) is 5.18 Å². The molecule has 0 radical (unpaired) electrons. The molecule has 224 valence electrons. The lowest BCUT2D eigenvalue weighted by Gasteiger charge is -2.24. The third-order valence-electron chi connectivity index (χ3n) is 5.84. The molecule has 0 amide bonds. The second kappa shape index (κ2) is 17.4. The highest BCUT2D eigenvalue weighted by Crippen LogP contribution is 2.32. The summed E-state index contributed by atoms with van der Waals surface area (Å²) in [6.45, 7) is 4.49. The molecule has 1 aliphatic heterocycles. The van der Waals surface area contributed by atoms with Gasteiger partial charge >= 0.3 is 6.18 Å². The van der Waals surface area contributed by atoms with Crippen molar-refractivity contribution >= 4 is 34.2 Å². The Morgan fingerprint density at radius 2 is 1.85 bits per heavy atom. The van der Waals surface area contributed by atoms with Crippen LogP contribution in [0.4, 0.5) is 24.5 Å². The molecule has 0 aliphatic carbocycles. The van der Waals surface area contributed by atoms with Gasteiger partial charge in [-0.2, -0.15) is 18.1 Å². The molecule has 3 N–H and O–H groups in total. The first-order valence-corrected chi connectivity index (χ1v) is 14.1. The van der Waals surface area contributed by atoms with E-state index in [1.54, 1.807) is 25.3 Å². The lowest BCUT2D eigenvalue weighted by atomic mass is 10.1. The average molecular weight is 594 g/mol. The van der Waals surface area contributed by atoms with Crippen LogP contribution in [0.2, 0.25) is 0 Å². The number of halogens is 3. The highest BCUT2D eigenvalue weighted by Gasteiger charge is 2.30. The summed E-state index contributed by atoms with van der Waals surface area (Å²) in [5.74, 6) is 6.57. The Morgan fingerprint density at radius 3 is 2.49 bits per heavy atom. The van der Waals surface area contributed by atoms with Gasteiger partial charge in [-0.1, -0.05) is 31.0 Å². The van der Waals surface area contributed by atoms with Crippen LogP contribution in [-0.4, -0.2) is 57.7 Å². The van der Waals surface area contributed by atoms with Crippen LogP contribution in [-0.2, 0) is 11.3 Å². The zero-order chi connectivity index (χ0) is 30.3. The maximum absolute atomic E-state index is 13.4. The van der Waals surface area contributed by atoms with E-state index in [0.717, 1.165) is 34.5 Å². The van der Waals surface area contributed by atoms with Crippen molar-refractivity contribution in [2.75, 3.05) is 51.6 Å². The Labute approximate surface area is 243 Å². The van der Waals surface area contributed by atoms with Gasteiger partial charge in [0.05, 0.1) is 37.6 Å². The maximum atomic E-state index is 13.4. The second-order valence-corrected chi connectivity index (χ2v) is 9.59. The van der Waals surface area contributed by atoms with E-state index < -0.39 is 12.7 Å². The molecular weight excluding hydrogens is 555 g/mol. The smallest absolute Gasteiger partial charge is 0.406 e. The number of fused-ring (bicyclic) bond motifs is 1. The van der Waals surface area contributed by atoms with Gasteiger partial charge in [0, 0.05) is 35.2 Å². The first-order chi connectivity index (χ1) is 19.8. The zero-order valence-corrected chi connectivity index (χ0v) is 24.8. The molecule has 12 heteroatoms. The summed E-state index contributed by atoms with van der Waals surface area (Å²) < 4.78 is 55.5. The molecule has 3 aromatic rings. The fraction of sp³-hybridized carbons (Fsp3) is 0.448. The highest BCUT2D eigenvalue weighted by atomic mass is 32.2. The number of ether oxygens (including phenoxy) is 2. The van der Waals surface area contributed by atoms with E-state index in [-0.39, 0.29) is 12.6 Å². The number of nitrogens with zero attached hydrogens (tertiary/aromatic N) is 2. The molecule has 0 unspecified atom stereocenters. The molecule has 4 rings (SSSR count). The predicted octanol–water partition coefficient (Wildman–Crippen LogP) is 6.90. The van der Waals surface area contributed by atoms with Gasteiger partial charge in [0.25, 0.3) is 0 Å². The van der Waals surface area contributed by atoms with Crippen LogP contribution in [0.3, 0.4) is 0 Å². The summed E-state index contributed by atoms with van der Waals surface area (Å²) in [5.41, 5.74) is 2.39. The van der Waals surface area contributed by atoms with E-state index in [1.165, 1.54) is 23.6 Å². The molecule has 2 aromatic carbocycles. The van der Waals surface area contributed by atoms with Gasteiger partial charge in [0.15, 0.2) is 0 Å². The molecule has 1 saturated heterocycles. The number of aromatic nitrogens is 1. The molecule has 0 bridgehead atoms. The molecule has 0 atom stereocenters. The first-order valence-electron chi connectivity index (χ1n) is 13.3. The van der Waals surface area contributed by atoms with E-state index >= 15 is 0 Å². The summed E-state index contributed by atoms with van der Waals surface area (Å²) in [7, 11) is 4.61. The van der Waals surface area contributed by atoms with E-state index in [9.17, 15) is 13.2 Å². The van der Waals surface area contributed by atoms with Crippen LogP contribution in [0.5, 0.6) is 5.75 Å². The standard InChI is InChI=1S/C26H29F3N4O2S.C2H6.CH3NO/c1-30-36-20-8-9-23(25(16-20)34-2)31-12-4-5-19-15-21-22(32-18-10-13-35-14-11-18)6-3-7-24(21)33(19)17-26(27,28)29;1-2;1-2-3/h3,6-9,15-16,18,30-32H,10-14,17H2,1-2H3;1-2H3;1H3. The number of anilines is 2. The summed E-state index contributed by atoms with van der Waals surface area (Å²) >= 11 is 1.47. The van der Waals surface area contributed by atoms with Crippen molar-refractivity contribution in [2.45, 2.75) is 50.3 Å². The number of benzene rings is 2. The van der Waals surface area contributed by atoms with Crippen molar-refractivity contribution in [1.82, 2.24) is 9.29 Å². The summed E-state index contributed by atoms with van der Waals surface area (Å²) in [5, 5.41) is 9.65. The number of hydrogen-bond donors (Lipinski definition) is 3. The predicted molar refractivity (Wildman–Crippen MR) is 162 cm³/mol. The minimum absolute atomic E-state index is 0.224. The normalized spacial score (nSPS) is 13.1. The van der Waals surface area contributed by atoms with Crippen LogP contribution in [0, 0.1) is 16.7 Å². The van der Waals surface area contributed by atoms with E-state index in [4.69, 9.17) is 14.4 Å². The lowest BCUT2D eigenvalue weighted by Crippen LogP contribution is -2.27. The summed E-state index contributed by atoms with van der Waals surface area (Å²) in [4.78, 5) is 9.55. The van der Waals surface area contributed by atoms with E-state index in [1.807, 2.05) is 45.2 Å². The number of methoxy groups -OCH3 is 1. The maximum Gasteiger partial charge on any atom is 0.406 e. The van der Waals surface area contributed by atoms with Gasteiger partial charge in [0.2, 0.25) is 0 Å². The van der Waals surface area contributed by atoms with Gasteiger partial charge in [-0.3, -0.25) is 4.72 Å². The van der Waals surface area contributed by atoms with Gasteiger partial charge in [0.1, 0.15) is 12.3 Å². The lowest BCUT2D eigenvalue weighted by molar-refractivity contribution is -0.140. The van der Waals surface area contributed by atoms with Gasteiger partial charge in [-0.25, -0.2) is 0 Å². The van der Waals surface area contributed by atoms with Crippen LogP contribution >= 0.6 is 11.9 Å². The van der Waals surface area contributed by atoms with Crippen LogP contribution in [0.15, 0.2) is 52.5 Å². The Bertz CT molecular complexity index is 1300. The minimum atomic E-state index is -4.37. The summed E-state index contributed by atoms with van der Waals surface area (Å²) in [6.07, 6.45) is -2.66. The van der Waals surface area contributed by atoms with Gasteiger partial charge < -0.3 is 24.7 Å².